The van der Waals surface area contributed by atoms with Crippen molar-refractivity contribution in [2.24, 2.45) is 0 Å². The molecule has 0 bridgehead atoms. The van der Waals surface area contributed by atoms with E-state index in [1.807, 2.05) is 13.1 Å². The fourth-order valence-electron chi connectivity index (χ4n) is 3.33. The minimum absolute atomic E-state index is 0.0231. The molecule has 1 aromatic carbocycles. The van der Waals surface area contributed by atoms with Gasteiger partial charge in [0.2, 0.25) is 0 Å². The summed E-state index contributed by atoms with van der Waals surface area (Å²) in [6, 6.07) is 5.69. The third-order valence-corrected chi connectivity index (χ3v) is 4.65. The lowest BCUT2D eigenvalue weighted by Crippen LogP contribution is -2.32. The zero-order chi connectivity index (χ0) is 15.2. The van der Waals surface area contributed by atoms with Crippen molar-refractivity contribution in [1.29, 1.82) is 0 Å². The molecule has 1 N–H and O–H groups in total. The van der Waals surface area contributed by atoms with Gasteiger partial charge in [0, 0.05) is 17.6 Å². The largest absolute Gasteiger partial charge is 0.496 e. The van der Waals surface area contributed by atoms with Gasteiger partial charge >= 0.3 is 0 Å². The second kappa shape index (κ2) is 7.76. The molecule has 3 nitrogen and oxygen atoms in total. The first-order valence-electron chi connectivity index (χ1n) is 7.87. The Morgan fingerprint density at radius 1 is 1.38 bits per heavy atom. The van der Waals surface area contributed by atoms with E-state index in [2.05, 4.69) is 17.3 Å². The number of hydrogen-bond donors (Lipinski definition) is 1. The van der Waals surface area contributed by atoms with E-state index in [-0.39, 0.29) is 11.9 Å². The molecule has 2 rings (SSSR count). The second-order valence-corrected chi connectivity index (χ2v) is 5.90. The maximum absolute atomic E-state index is 14.2. The molecule has 0 spiro atoms. The van der Waals surface area contributed by atoms with E-state index in [1.54, 1.807) is 13.2 Å². The number of rotatable bonds is 7. The van der Waals surface area contributed by atoms with Crippen LogP contribution in [-0.4, -0.2) is 38.7 Å². The first kappa shape index (κ1) is 16.2. The van der Waals surface area contributed by atoms with Gasteiger partial charge in [-0.3, -0.25) is 0 Å². The Morgan fingerprint density at radius 2 is 2.10 bits per heavy atom. The molecular weight excluding hydrogens is 267 g/mol. The number of ether oxygens (including phenoxy) is 1. The normalized spacial score (nSPS) is 17.4. The third kappa shape index (κ3) is 3.95. The van der Waals surface area contributed by atoms with Crippen LogP contribution in [0, 0.1) is 5.82 Å². The highest BCUT2D eigenvalue weighted by molar-refractivity contribution is 5.37. The molecule has 0 aliphatic heterocycles. The van der Waals surface area contributed by atoms with Gasteiger partial charge in [-0.05, 0) is 52.0 Å². The van der Waals surface area contributed by atoms with Crippen molar-refractivity contribution in [3.8, 4) is 5.75 Å². The summed E-state index contributed by atoms with van der Waals surface area (Å²) in [5, 5.41) is 3.23. The summed E-state index contributed by atoms with van der Waals surface area (Å²) in [6.45, 7) is 0.966. The topological polar surface area (TPSA) is 24.5 Å². The molecule has 0 radical (unpaired) electrons. The standard InChI is InChI=1S/C17H27FN2O/c1-19-15(11-12-20(2)13-7-4-5-8-13)17-14(18)9-6-10-16(17)21-3/h6,9-10,13,15,19H,4-5,7-8,11-12H2,1-3H3. The van der Waals surface area contributed by atoms with Crippen molar-refractivity contribution in [3.63, 3.8) is 0 Å². The predicted octanol–water partition coefficient (Wildman–Crippen LogP) is 3.36. The van der Waals surface area contributed by atoms with E-state index in [9.17, 15) is 4.39 Å². The van der Waals surface area contributed by atoms with Crippen LogP contribution in [0.3, 0.4) is 0 Å². The van der Waals surface area contributed by atoms with Crippen LogP contribution in [0.2, 0.25) is 0 Å². The first-order valence-corrected chi connectivity index (χ1v) is 7.87. The number of nitrogens with zero attached hydrogens (tertiary/aromatic N) is 1. The fourth-order valence-corrected chi connectivity index (χ4v) is 3.33. The summed E-state index contributed by atoms with van der Waals surface area (Å²) in [6.07, 6.45) is 6.14. The van der Waals surface area contributed by atoms with E-state index < -0.39 is 0 Å². The molecule has 1 unspecified atom stereocenters. The van der Waals surface area contributed by atoms with Crippen LogP contribution in [0.4, 0.5) is 4.39 Å². The Morgan fingerprint density at radius 3 is 2.71 bits per heavy atom. The number of halogens is 1. The monoisotopic (exact) mass is 294 g/mol. The smallest absolute Gasteiger partial charge is 0.131 e. The highest BCUT2D eigenvalue weighted by Gasteiger charge is 2.23. The Hall–Kier alpha value is -1.13. The van der Waals surface area contributed by atoms with Crippen molar-refractivity contribution in [3.05, 3.63) is 29.6 Å². The van der Waals surface area contributed by atoms with Crippen molar-refractivity contribution in [2.75, 3.05) is 27.7 Å². The summed E-state index contributed by atoms with van der Waals surface area (Å²) in [5.41, 5.74) is 0.641. The van der Waals surface area contributed by atoms with Crippen molar-refractivity contribution in [1.82, 2.24) is 10.2 Å². The quantitative estimate of drug-likeness (QED) is 0.834. The van der Waals surface area contributed by atoms with E-state index >= 15 is 0 Å². The van der Waals surface area contributed by atoms with Crippen LogP contribution in [-0.2, 0) is 0 Å². The SMILES string of the molecule is CNC(CCN(C)C1CCCC1)c1c(F)cccc1OC. The molecule has 1 aliphatic rings. The molecule has 0 saturated heterocycles. The lowest BCUT2D eigenvalue weighted by atomic mass is 10.0. The Labute approximate surface area is 127 Å². The molecule has 0 aromatic heterocycles. The first-order chi connectivity index (χ1) is 10.2. The highest BCUT2D eigenvalue weighted by atomic mass is 19.1. The number of benzene rings is 1. The molecule has 4 heteroatoms. The van der Waals surface area contributed by atoms with Gasteiger partial charge in [-0.25, -0.2) is 4.39 Å². The van der Waals surface area contributed by atoms with Crippen LogP contribution in [0.15, 0.2) is 18.2 Å². The summed E-state index contributed by atoms with van der Waals surface area (Å²) < 4.78 is 19.5. The lowest BCUT2D eigenvalue weighted by Gasteiger charge is -2.27. The van der Waals surface area contributed by atoms with Crippen LogP contribution in [0.25, 0.3) is 0 Å². The summed E-state index contributed by atoms with van der Waals surface area (Å²) in [5.74, 6) is 0.426. The van der Waals surface area contributed by atoms with E-state index in [0.29, 0.717) is 17.4 Å². The Bertz CT molecular complexity index is 446. The molecule has 1 fully saturated rings. The van der Waals surface area contributed by atoms with Crippen molar-refractivity contribution in [2.45, 2.75) is 44.2 Å². The van der Waals surface area contributed by atoms with Crippen LogP contribution < -0.4 is 10.1 Å². The van der Waals surface area contributed by atoms with Crippen molar-refractivity contribution < 1.29 is 9.13 Å². The van der Waals surface area contributed by atoms with Gasteiger partial charge in [-0.1, -0.05) is 18.9 Å². The number of nitrogens with one attached hydrogen (secondary N) is 1. The second-order valence-electron chi connectivity index (χ2n) is 5.90. The molecular formula is C17H27FN2O. The fraction of sp³-hybridized carbons (Fsp3) is 0.647. The maximum Gasteiger partial charge on any atom is 0.131 e. The Kier molecular flexibility index (Phi) is 6.00. The summed E-state index contributed by atoms with van der Waals surface area (Å²) in [7, 11) is 5.66. The van der Waals surface area contributed by atoms with Gasteiger partial charge in [0.1, 0.15) is 11.6 Å². The molecule has 1 atom stereocenters. The number of methoxy groups -OCH3 is 1. The molecule has 1 aromatic rings. The molecule has 118 valence electrons. The average molecular weight is 294 g/mol. The van der Waals surface area contributed by atoms with Gasteiger partial charge in [0.15, 0.2) is 0 Å². The van der Waals surface area contributed by atoms with Gasteiger partial charge in [0.05, 0.1) is 7.11 Å². The molecule has 0 amide bonds. The Balaban J connectivity index is 2.02. The maximum atomic E-state index is 14.2. The van der Waals surface area contributed by atoms with Crippen LogP contribution >= 0.6 is 0 Å². The predicted molar refractivity (Wildman–Crippen MR) is 84.3 cm³/mol. The zero-order valence-electron chi connectivity index (χ0n) is 13.4. The van der Waals surface area contributed by atoms with E-state index in [1.165, 1.54) is 31.7 Å². The molecule has 0 heterocycles. The van der Waals surface area contributed by atoms with Gasteiger partial charge < -0.3 is 15.0 Å². The lowest BCUT2D eigenvalue weighted by molar-refractivity contribution is 0.231. The highest BCUT2D eigenvalue weighted by Crippen LogP contribution is 2.30. The number of hydrogen-bond acceptors (Lipinski definition) is 3. The van der Waals surface area contributed by atoms with Crippen LogP contribution in [0.5, 0.6) is 5.75 Å². The minimum Gasteiger partial charge on any atom is -0.496 e. The van der Waals surface area contributed by atoms with Crippen molar-refractivity contribution >= 4 is 0 Å². The van der Waals surface area contributed by atoms with Crippen LogP contribution in [0.1, 0.15) is 43.7 Å². The third-order valence-electron chi connectivity index (χ3n) is 4.65. The summed E-state index contributed by atoms with van der Waals surface area (Å²) >= 11 is 0. The molecule has 1 saturated carbocycles. The average Bonchev–Trinajstić information content (AvgIpc) is 3.03. The molecule has 21 heavy (non-hydrogen) atoms. The zero-order valence-corrected chi connectivity index (χ0v) is 13.4. The van der Waals surface area contributed by atoms with Gasteiger partial charge in [-0.2, -0.15) is 0 Å². The van der Waals surface area contributed by atoms with E-state index in [4.69, 9.17) is 4.74 Å². The van der Waals surface area contributed by atoms with Gasteiger partial charge in [0.25, 0.3) is 0 Å². The molecule has 1 aliphatic carbocycles. The van der Waals surface area contributed by atoms with E-state index in [0.717, 1.165) is 13.0 Å². The minimum atomic E-state index is -0.197. The summed E-state index contributed by atoms with van der Waals surface area (Å²) in [4.78, 5) is 2.42. The van der Waals surface area contributed by atoms with Gasteiger partial charge in [-0.15, -0.1) is 0 Å².